The van der Waals surface area contributed by atoms with E-state index in [1.165, 1.54) is 0 Å². The minimum absolute atomic E-state index is 0.200. The maximum atomic E-state index is 12.7. The smallest absolute Gasteiger partial charge is 0.245 e. The number of halogens is 1. The third kappa shape index (κ3) is 3.41. The summed E-state index contributed by atoms with van der Waals surface area (Å²) in [6.45, 7) is 7.18. The van der Waals surface area contributed by atoms with E-state index in [-0.39, 0.29) is 10.6 Å². The van der Waals surface area contributed by atoms with Gasteiger partial charge in [0.2, 0.25) is 10.0 Å². The van der Waals surface area contributed by atoms with Crippen molar-refractivity contribution in [2.45, 2.75) is 31.2 Å². The van der Waals surface area contributed by atoms with Crippen molar-refractivity contribution in [3.05, 3.63) is 22.7 Å². The summed E-state index contributed by atoms with van der Waals surface area (Å²) in [5.74, 6) is 0. The van der Waals surface area contributed by atoms with Crippen molar-refractivity contribution < 1.29 is 8.42 Å². The van der Waals surface area contributed by atoms with Crippen molar-refractivity contribution in [1.82, 2.24) is 9.21 Å². The van der Waals surface area contributed by atoms with Crippen molar-refractivity contribution in [2.75, 3.05) is 31.9 Å². The first kappa shape index (κ1) is 16.7. The zero-order valence-corrected chi connectivity index (χ0v) is 14.8. The average Bonchev–Trinajstić information content (AvgIpc) is 2.90. The van der Waals surface area contributed by atoms with Gasteiger partial charge in [-0.15, -0.1) is 0 Å². The van der Waals surface area contributed by atoms with Gasteiger partial charge in [-0.1, -0.05) is 29.8 Å². The van der Waals surface area contributed by atoms with Crippen molar-refractivity contribution in [3.63, 3.8) is 0 Å². The van der Waals surface area contributed by atoms with Crippen molar-refractivity contribution in [1.29, 1.82) is 0 Å². The Labute approximate surface area is 135 Å². The van der Waals surface area contributed by atoms with Crippen molar-refractivity contribution >= 4 is 31.6 Å². The fourth-order valence-electron chi connectivity index (χ4n) is 2.86. The molecule has 0 amide bonds. The van der Waals surface area contributed by atoms with Crippen LogP contribution in [-0.4, -0.2) is 49.8 Å². The van der Waals surface area contributed by atoms with Crippen LogP contribution < -0.4 is 5.73 Å². The van der Waals surface area contributed by atoms with Crippen molar-refractivity contribution in [2.24, 2.45) is 0 Å². The molecule has 1 saturated heterocycles. The number of likely N-dealkylation sites (N-methyl/N-ethyl adjacent to an activating group) is 1. The molecule has 2 N–H and O–H groups in total. The molecule has 0 bridgehead atoms. The maximum Gasteiger partial charge on any atom is 0.245 e. The van der Waals surface area contributed by atoms with Gasteiger partial charge in [0.05, 0.1) is 5.69 Å². The SMILES string of the molecule is CCN(CC)C1CCN(S(=O)(=O)c2ccc(Br)cc2N)C1. The molecule has 1 unspecified atom stereocenters. The Balaban J connectivity index is 2.22. The first-order valence-electron chi connectivity index (χ1n) is 7.19. The van der Waals surface area contributed by atoms with E-state index in [2.05, 4.69) is 34.7 Å². The van der Waals surface area contributed by atoms with Gasteiger partial charge in [-0.2, -0.15) is 4.31 Å². The fraction of sp³-hybridized carbons (Fsp3) is 0.571. The lowest BCUT2D eigenvalue weighted by atomic mass is 10.2. The summed E-state index contributed by atoms with van der Waals surface area (Å²) in [6.07, 6.45) is 0.872. The van der Waals surface area contributed by atoms with Crippen LogP contribution in [0, 0.1) is 0 Å². The quantitative estimate of drug-likeness (QED) is 0.800. The number of hydrogen-bond donors (Lipinski definition) is 1. The van der Waals surface area contributed by atoms with Gasteiger partial charge >= 0.3 is 0 Å². The van der Waals surface area contributed by atoms with Gasteiger partial charge in [0.25, 0.3) is 0 Å². The molecule has 1 aromatic rings. The Kier molecular flexibility index (Phi) is 5.29. The first-order chi connectivity index (χ1) is 9.90. The molecule has 21 heavy (non-hydrogen) atoms. The Morgan fingerprint density at radius 3 is 2.62 bits per heavy atom. The number of rotatable bonds is 5. The molecule has 7 heteroatoms. The summed E-state index contributed by atoms with van der Waals surface area (Å²) in [4.78, 5) is 2.51. The molecule has 0 saturated carbocycles. The van der Waals surface area contributed by atoms with E-state index in [4.69, 9.17) is 5.73 Å². The molecule has 1 heterocycles. The second-order valence-electron chi connectivity index (χ2n) is 5.21. The Morgan fingerprint density at radius 1 is 1.38 bits per heavy atom. The molecular weight excluding hydrogens is 354 g/mol. The van der Waals surface area contributed by atoms with Crippen LogP contribution in [0.4, 0.5) is 5.69 Å². The number of benzene rings is 1. The van der Waals surface area contributed by atoms with Gasteiger partial charge in [0.1, 0.15) is 4.90 Å². The predicted octanol–water partition coefficient (Wildman–Crippen LogP) is 2.14. The molecule has 118 valence electrons. The van der Waals surface area contributed by atoms with E-state index in [1.807, 2.05) is 0 Å². The summed E-state index contributed by atoms with van der Waals surface area (Å²) >= 11 is 3.30. The molecule has 1 aliphatic rings. The van der Waals surface area contributed by atoms with Crippen LogP contribution in [0.25, 0.3) is 0 Å². The molecule has 1 atom stereocenters. The molecule has 0 aromatic heterocycles. The molecule has 0 radical (unpaired) electrons. The number of hydrogen-bond acceptors (Lipinski definition) is 4. The normalized spacial score (nSPS) is 20.3. The van der Waals surface area contributed by atoms with E-state index in [0.29, 0.717) is 19.1 Å². The second-order valence-corrected chi connectivity index (χ2v) is 8.03. The van der Waals surface area contributed by atoms with E-state index in [1.54, 1.807) is 22.5 Å². The largest absolute Gasteiger partial charge is 0.398 e. The van der Waals surface area contributed by atoms with Gasteiger partial charge in [0, 0.05) is 23.6 Å². The highest BCUT2D eigenvalue weighted by Gasteiger charge is 2.35. The second kappa shape index (κ2) is 6.64. The monoisotopic (exact) mass is 375 g/mol. The summed E-state index contributed by atoms with van der Waals surface area (Å²) in [6, 6.07) is 5.21. The topological polar surface area (TPSA) is 66.6 Å². The van der Waals surface area contributed by atoms with Crippen molar-refractivity contribution in [3.8, 4) is 0 Å². The van der Waals surface area contributed by atoms with E-state index < -0.39 is 10.0 Å². The van der Waals surface area contributed by atoms with Gasteiger partial charge < -0.3 is 5.73 Å². The Morgan fingerprint density at radius 2 is 2.05 bits per heavy atom. The highest BCUT2D eigenvalue weighted by Crippen LogP contribution is 2.28. The minimum Gasteiger partial charge on any atom is -0.398 e. The molecule has 1 fully saturated rings. The van der Waals surface area contributed by atoms with E-state index in [0.717, 1.165) is 24.0 Å². The molecule has 1 aliphatic heterocycles. The summed E-state index contributed by atoms with van der Waals surface area (Å²) < 4.78 is 27.8. The summed E-state index contributed by atoms with van der Waals surface area (Å²) in [5, 5.41) is 0. The summed E-state index contributed by atoms with van der Waals surface area (Å²) in [5.41, 5.74) is 6.16. The summed E-state index contributed by atoms with van der Waals surface area (Å²) in [7, 11) is -3.51. The van der Waals surface area contributed by atoms with Gasteiger partial charge in [-0.25, -0.2) is 8.42 Å². The Bertz CT molecular complexity index is 602. The number of nitrogen functional groups attached to an aromatic ring is 1. The first-order valence-corrected chi connectivity index (χ1v) is 9.42. The van der Waals surface area contributed by atoms with Crippen LogP contribution >= 0.6 is 15.9 Å². The lowest BCUT2D eigenvalue weighted by Crippen LogP contribution is -2.38. The third-order valence-corrected chi connectivity index (χ3v) is 6.48. The number of nitrogens with zero attached hydrogens (tertiary/aromatic N) is 2. The van der Waals surface area contributed by atoms with Crippen LogP contribution in [0.15, 0.2) is 27.6 Å². The van der Waals surface area contributed by atoms with Crippen LogP contribution in [0.5, 0.6) is 0 Å². The number of nitrogens with two attached hydrogens (primary N) is 1. The molecule has 0 spiro atoms. The van der Waals surface area contributed by atoms with Crippen LogP contribution in [0.3, 0.4) is 0 Å². The van der Waals surface area contributed by atoms with E-state index >= 15 is 0 Å². The van der Waals surface area contributed by atoms with Crippen LogP contribution in [0.2, 0.25) is 0 Å². The molecule has 0 aliphatic carbocycles. The lowest BCUT2D eigenvalue weighted by Gasteiger charge is -2.26. The van der Waals surface area contributed by atoms with Gasteiger partial charge in [0.15, 0.2) is 0 Å². The third-order valence-electron chi connectivity index (χ3n) is 4.04. The Hall–Kier alpha value is -0.630. The maximum absolute atomic E-state index is 12.7. The molecular formula is C14H22BrN3O2S. The zero-order chi connectivity index (χ0) is 15.6. The van der Waals surface area contributed by atoms with Crippen LogP contribution in [0.1, 0.15) is 20.3 Å². The zero-order valence-electron chi connectivity index (χ0n) is 12.4. The highest BCUT2D eigenvalue weighted by atomic mass is 79.9. The van der Waals surface area contributed by atoms with E-state index in [9.17, 15) is 8.42 Å². The molecule has 5 nitrogen and oxygen atoms in total. The molecule has 1 aromatic carbocycles. The minimum atomic E-state index is -3.51. The average molecular weight is 376 g/mol. The van der Waals surface area contributed by atoms with Crippen LogP contribution in [-0.2, 0) is 10.0 Å². The molecule has 2 rings (SSSR count). The fourth-order valence-corrected chi connectivity index (χ4v) is 4.83. The predicted molar refractivity (Wildman–Crippen MR) is 88.6 cm³/mol. The lowest BCUT2D eigenvalue weighted by molar-refractivity contribution is 0.224. The van der Waals surface area contributed by atoms with Gasteiger partial charge in [-0.05, 0) is 37.7 Å². The standard InChI is InChI=1S/C14H22BrN3O2S/c1-3-17(4-2)12-7-8-18(10-12)21(19,20)14-6-5-11(15)9-13(14)16/h5-6,9,12H,3-4,7-8,10,16H2,1-2H3. The number of sulfonamides is 1. The van der Waals surface area contributed by atoms with Gasteiger partial charge in [-0.3, -0.25) is 4.90 Å². The highest BCUT2D eigenvalue weighted by molar-refractivity contribution is 9.10. The number of anilines is 1.